The zero-order valence-corrected chi connectivity index (χ0v) is 12.3. The van der Waals surface area contributed by atoms with Crippen molar-refractivity contribution in [2.45, 2.75) is 19.7 Å². The fraction of sp³-hybridized carbons (Fsp3) is 0.533. The molecule has 0 radical (unpaired) electrons. The number of piperidine rings is 1. The molecule has 1 aromatic carbocycles. The summed E-state index contributed by atoms with van der Waals surface area (Å²) in [7, 11) is 0. The van der Waals surface area contributed by atoms with Crippen LogP contribution in [0.1, 0.15) is 23.7 Å². The lowest BCUT2D eigenvalue weighted by Gasteiger charge is -2.36. The number of alkyl halides is 3. The predicted molar refractivity (Wildman–Crippen MR) is 75.4 cm³/mol. The number of amides is 1. The molecule has 0 bridgehead atoms. The number of hydrogen-bond acceptors (Lipinski definition) is 3. The van der Waals surface area contributed by atoms with Crippen molar-refractivity contribution in [3.05, 3.63) is 29.8 Å². The molecule has 2 rings (SSSR count). The molecule has 2 N–H and O–H groups in total. The highest BCUT2D eigenvalue weighted by molar-refractivity contribution is 5.94. The van der Waals surface area contributed by atoms with Crippen LogP contribution in [-0.2, 0) is 0 Å². The molecule has 1 fully saturated rings. The van der Waals surface area contributed by atoms with Gasteiger partial charge in [0.2, 0.25) is 0 Å². The van der Waals surface area contributed by atoms with Gasteiger partial charge in [0.05, 0.1) is 0 Å². The first-order chi connectivity index (χ1) is 10.3. The SMILES string of the molecule is CC1CCN(C(=O)c2ccc(OC(F)(F)F)cc2)CC1CN. The van der Waals surface area contributed by atoms with Gasteiger partial charge in [-0.15, -0.1) is 13.2 Å². The number of rotatable bonds is 3. The van der Waals surface area contributed by atoms with Crippen LogP contribution in [-0.4, -0.2) is 36.8 Å². The van der Waals surface area contributed by atoms with Gasteiger partial charge >= 0.3 is 6.36 Å². The highest BCUT2D eigenvalue weighted by Gasteiger charge is 2.31. The van der Waals surface area contributed by atoms with Gasteiger partial charge in [0.1, 0.15) is 5.75 Å². The van der Waals surface area contributed by atoms with E-state index in [1.165, 1.54) is 12.1 Å². The van der Waals surface area contributed by atoms with E-state index in [0.29, 0.717) is 31.1 Å². The highest BCUT2D eigenvalue weighted by Crippen LogP contribution is 2.25. The summed E-state index contributed by atoms with van der Waals surface area (Å²) in [6.45, 7) is 3.85. The van der Waals surface area contributed by atoms with Crippen molar-refractivity contribution in [1.82, 2.24) is 4.90 Å². The summed E-state index contributed by atoms with van der Waals surface area (Å²) < 4.78 is 40.1. The molecular formula is C15H19F3N2O2. The second-order valence-electron chi connectivity index (χ2n) is 5.59. The van der Waals surface area contributed by atoms with E-state index in [0.717, 1.165) is 18.6 Å². The predicted octanol–water partition coefficient (Wildman–Crippen LogP) is 2.64. The molecule has 2 unspecified atom stereocenters. The molecule has 1 amide bonds. The molecule has 1 saturated heterocycles. The van der Waals surface area contributed by atoms with E-state index >= 15 is 0 Å². The van der Waals surface area contributed by atoms with E-state index in [1.54, 1.807) is 4.90 Å². The molecule has 1 aromatic rings. The molecule has 7 heteroatoms. The van der Waals surface area contributed by atoms with Crippen molar-refractivity contribution in [3.8, 4) is 5.75 Å². The van der Waals surface area contributed by atoms with E-state index in [-0.39, 0.29) is 17.6 Å². The summed E-state index contributed by atoms with van der Waals surface area (Å²) in [6, 6.07) is 4.99. The first-order valence-electron chi connectivity index (χ1n) is 7.15. The molecule has 0 spiro atoms. The molecule has 0 aromatic heterocycles. The van der Waals surface area contributed by atoms with E-state index in [2.05, 4.69) is 11.7 Å². The van der Waals surface area contributed by atoms with Crippen LogP contribution in [0.25, 0.3) is 0 Å². The number of benzene rings is 1. The van der Waals surface area contributed by atoms with Crippen molar-refractivity contribution in [2.75, 3.05) is 19.6 Å². The number of halogens is 3. The zero-order chi connectivity index (χ0) is 16.3. The van der Waals surface area contributed by atoms with Crippen LogP contribution in [0.5, 0.6) is 5.75 Å². The average molecular weight is 316 g/mol. The Bertz CT molecular complexity index is 517. The van der Waals surface area contributed by atoms with Crippen molar-refractivity contribution in [3.63, 3.8) is 0 Å². The minimum atomic E-state index is -4.73. The first-order valence-corrected chi connectivity index (χ1v) is 7.15. The smallest absolute Gasteiger partial charge is 0.406 e. The molecule has 2 atom stereocenters. The Morgan fingerprint density at radius 2 is 2.00 bits per heavy atom. The fourth-order valence-electron chi connectivity index (χ4n) is 2.62. The molecule has 4 nitrogen and oxygen atoms in total. The lowest BCUT2D eigenvalue weighted by Crippen LogP contribution is -2.45. The van der Waals surface area contributed by atoms with E-state index in [1.807, 2.05) is 0 Å². The van der Waals surface area contributed by atoms with Crippen molar-refractivity contribution >= 4 is 5.91 Å². The monoisotopic (exact) mass is 316 g/mol. The summed E-state index contributed by atoms with van der Waals surface area (Å²) in [5.74, 6) is 0.196. The quantitative estimate of drug-likeness (QED) is 0.933. The largest absolute Gasteiger partial charge is 0.573 e. The van der Waals surface area contributed by atoms with E-state index < -0.39 is 6.36 Å². The maximum atomic E-state index is 12.4. The van der Waals surface area contributed by atoms with Gasteiger partial charge in [-0.25, -0.2) is 0 Å². The standard InChI is InChI=1S/C15H19F3N2O2/c1-10-6-7-20(9-12(10)8-19)14(21)11-2-4-13(5-3-11)22-15(16,17)18/h2-5,10,12H,6-9,19H2,1H3. The van der Waals surface area contributed by atoms with Crippen LogP contribution in [0.15, 0.2) is 24.3 Å². The van der Waals surface area contributed by atoms with Crippen LogP contribution < -0.4 is 10.5 Å². The van der Waals surface area contributed by atoms with Gasteiger partial charge in [0, 0.05) is 18.7 Å². The fourth-order valence-corrected chi connectivity index (χ4v) is 2.62. The second-order valence-corrected chi connectivity index (χ2v) is 5.59. The van der Waals surface area contributed by atoms with Crippen LogP contribution in [0, 0.1) is 11.8 Å². The lowest BCUT2D eigenvalue weighted by molar-refractivity contribution is -0.274. The third kappa shape index (κ3) is 4.13. The van der Waals surface area contributed by atoms with Gasteiger partial charge in [0.25, 0.3) is 5.91 Å². The summed E-state index contributed by atoms with van der Waals surface area (Å²) in [4.78, 5) is 14.1. The third-order valence-corrected chi connectivity index (χ3v) is 4.04. The number of carbonyl (C=O) groups excluding carboxylic acids is 1. The van der Waals surface area contributed by atoms with Crippen LogP contribution in [0.2, 0.25) is 0 Å². The summed E-state index contributed by atoms with van der Waals surface area (Å²) >= 11 is 0. The Morgan fingerprint density at radius 3 is 2.55 bits per heavy atom. The normalized spacial score (nSPS) is 22.5. The van der Waals surface area contributed by atoms with Crippen LogP contribution in [0.3, 0.4) is 0 Å². The Hall–Kier alpha value is -1.76. The van der Waals surface area contributed by atoms with Crippen molar-refractivity contribution in [2.24, 2.45) is 17.6 Å². The summed E-state index contributed by atoms with van der Waals surface area (Å²) in [6.07, 6.45) is -3.86. The van der Waals surface area contributed by atoms with Crippen molar-refractivity contribution in [1.29, 1.82) is 0 Å². The molecular weight excluding hydrogens is 297 g/mol. The number of carbonyl (C=O) groups is 1. The Kier molecular flexibility index (Phi) is 4.95. The highest BCUT2D eigenvalue weighted by atomic mass is 19.4. The topological polar surface area (TPSA) is 55.6 Å². The van der Waals surface area contributed by atoms with Crippen LogP contribution >= 0.6 is 0 Å². The van der Waals surface area contributed by atoms with Gasteiger partial charge in [0.15, 0.2) is 0 Å². The average Bonchev–Trinajstić information content (AvgIpc) is 2.46. The molecule has 122 valence electrons. The molecule has 0 saturated carbocycles. The number of nitrogens with two attached hydrogens (primary N) is 1. The van der Waals surface area contributed by atoms with Crippen molar-refractivity contribution < 1.29 is 22.7 Å². The Morgan fingerprint density at radius 1 is 1.36 bits per heavy atom. The van der Waals surface area contributed by atoms with Gasteiger partial charge in [-0.1, -0.05) is 6.92 Å². The number of hydrogen-bond donors (Lipinski definition) is 1. The molecule has 1 aliphatic heterocycles. The second kappa shape index (κ2) is 6.56. The third-order valence-electron chi connectivity index (χ3n) is 4.04. The summed E-state index contributed by atoms with van der Waals surface area (Å²) in [5.41, 5.74) is 6.06. The van der Waals surface area contributed by atoms with E-state index in [4.69, 9.17) is 5.73 Å². The summed E-state index contributed by atoms with van der Waals surface area (Å²) in [5, 5.41) is 0. The molecule has 1 heterocycles. The lowest BCUT2D eigenvalue weighted by atomic mass is 9.87. The molecule has 0 aliphatic carbocycles. The van der Waals surface area contributed by atoms with E-state index in [9.17, 15) is 18.0 Å². The van der Waals surface area contributed by atoms with Crippen LogP contribution in [0.4, 0.5) is 13.2 Å². The van der Waals surface area contributed by atoms with Gasteiger partial charge in [-0.05, 0) is 49.1 Å². The molecule has 22 heavy (non-hydrogen) atoms. The Labute approximate surface area is 127 Å². The Balaban J connectivity index is 2.03. The van der Waals surface area contributed by atoms with Gasteiger partial charge in [-0.2, -0.15) is 0 Å². The first kappa shape index (κ1) is 16.6. The number of likely N-dealkylation sites (tertiary alicyclic amines) is 1. The van der Waals surface area contributed by atoms with Gasteiger partial charge < -0.3 is 15.4 Å². The number of nitrogens with zero attached hydrogens (tertiary/aromatic N) is 1. The maximum Gasteiger partial charge on any atom is 0.573 e. The zero-order valence-electron chi connectivity index (χ0n) is 12.3. The number of ether oxygens (including phenoxy) is 1. The minimum absolute atomic E-state index is 0.191. The minimum Gasteiger partial charge on any atom is -0.406 e. The maximum absolute atomic E-state index is 12.4. The molecule has 1 aliphatic rings. The van der Waals surface area contributed by atoms with Gasteiger partial charge in [-0.3, -0.25) is 4.79 Å².